The van der Waals surface area contributed by atoms with Gasteiger partial charge in [0.1, 0.15) is 17.4 Å². The SMILES string of the molecule is Cc1c(Br)cccc1OC1CCC(CC[C@@H](N2C=CN(C(=O)OC(C)(C)C)C=C2)C(F)(F)F)CC1. The first-order chi connectivity index (χ1) is 16.3. The molecule has 0 bridgehead atoms. The van der Waals surface area contributed by atoms with Crippen molar-refractivity contribution in [3.63, 3.8) is 0 Å². The van der Waals surface area contributed by atoms with Crippen LogP contribution in [0.5, 0.6) is 5.75 Å². The molecule has 0 saturated heterocycles. The third-order valence-electron chi connectivity index (χ3n) is 6.29. The van der Waals surface area contributed by atoms with Crippen LogP contribution in [0.4, 0.5) is 18.0 Å². The molecular formula is C26H34BrF3N2O3. The Balaban J connectivity index is 1.51. The van der Waals surface area contributed by atoms with Crippen molar-refractivity contribution in [2.24, 2.45) is 5.92 Å². The van der Waals surface area contributed by atoms with Crippen LogP contribution in [0.2, 0.25) is 0 Å². The zero-order valence-electron chi connectivity index (χ0n) is 20.6. The number of alkyl halides is 3. The first-order valence-electron chi connectivity index (χ1n) is 12.0. The van der Waals surface area contributed by atoms with Crippen molar-refractivity contribution < 1.29 is 27.4 Å². The third-order valence-corrected chi connectivity index (χ3v) is 7.15. The minimum atomic E-state index is -4.39. The van der Waals surface area contributed by atoms with E-state index in [2.05, 4.69) is 15.9 Å². The van der Waals surface area contributed by atoms with E-state index in [1.807, 2.05) is 25.1 Å². The predicted molar refractivity (Wildman–Crippen MR) is 133 cm³/mol. The molecule has 5 nitrogen and oxygen atoms in total. The van der Waals surface area contributed by atoms with Crippen LogP contribution in [0.25, 0.3) is 0 Å². The highest BCUT2D eigenvalue weighted by molar-refractivity contribution is 9.10. The first-order valence-corrected chi connectivity index (χ1v) is 12.8. The van der Waals surface area contributed by atoms with Gasteiger partial charge in [-0.05, 0) is 84.3 Å². The Bertz CT molecular complexity index is 921. The standard InChI is InChI=1S/C26H34BrF3N2O3/c1-18-21(27)6-5-7-22(18)34-20-11-8-19(9-12-20)10-13-23(26(28,29)30)31-14-16-32(17-15-31)24(33)35-25(2,3)4/h5-7,14-17,19-20,23H,8-13H2,1-4H3/t19?,20?,23-/m1/s1. The van der Waals surface area contributed by atoms with E-state index < -0.39 is 23.9 Å². The second-order valence-electron chi connectivity index (χ2n) is 10.2. The number of halogens is 4. The van der Waals surface area contributed by atoms with Crippen LogP contribution in [0.15, 0.2) is 47.5 Å². The molecule has 194 valence electrons. The van der Waals surface area contributed by atoms with Gasteiger partial charge >= 0.3 is 12.3 Å². The maximum atomic E-state index is 13.9. The Morgan fingerprint density at radius 3 is 2.29 bits per heavy atom. The van der Waals surface area contributed by atoms with Crippen LogP contribution in [0.3, 0.4) is 0 Å². The van der Waals surface area contributed by atoms with Gasteiger partial charge in [-0.15, -0.1) is 0 Å². The summed E-state index contributed by atoms with van der Waals surface area (Å²) >= 11 is 3.51. The summed E-state index contributed by atoms with van der Waals surface area (Å²) in [6.07, 6.45) is 4.09. The first kappa shape index (κ1) is 27.4. The smallest absolute Gasteiger partial charge is 0.418 e. The van der Waals surface area contributed by atoms with Crippen molar-refractivity contribution in [2.45, 2.75) is 90.1 Å². The second-order valence-corrected chi connectivity index (χ2v) is 11.0. The Labute approximate surface area is 214 Å². The van der Waals surface area contributed by atoms with Gasteiger partial charge in [0.25, 0.3) is 0 Å². The highest BCUT2D eigenvalue weighted by Gasteiger charge is 2.43. The maximum absolute atomic E-state index is 13.9. The zero-order valence-corrected chi connectivity index (χ0v) is 22.2. The molecule has 1 aromatic rings. The van der Waals surface area contributed by atoms with E-state index in [1.165, 1.54) is 24.8 Å². The summed E-state index contributed by atoms with van der Waals surface area (Å²) in [5, 5.41) is 0. The van der Waals surface area contributed by atoms with E-state index in [0.717, 1.165) is 51.3 Å². The number of rotatable bonds is 6. The van der Waals surface area contributed by atoms with E-state index >= 15 is 0 Å². The van der Waals surface area contributed by atoms with Gasteiger partial charge in [0, 0.05) is 34.8 Å². The van der Waals surface area contributed by atoms with Gasteiger partial charge in [-0.1, -0.05) is 22.0 Å². The Morgan fingerprint density at radius 2 is 1.71 bits per heavy atom. The summed E-state index contributed by atoms with van der Waals surface area (Å²) in [6, 6.07) is 4.21. The van der Waals surface area contributed by atoms with E-state index in [0.29, 0.717) is 6.42 Å². The van der Waals surface area contributed by atoms with E-state index in [4.69, 9.17) is 9.47 Å². The summed E-state index contributed by atoms with van der Waals surface area (Å²) in [7, 11) is 0. The summed E-state index contributed by atoms with van der Waals surface area (Å²) in [5.41, 5.74) is 0.362. The minimum absolute atomic E-state index is 0.00838. The van der Waals surface area contributed by atoms with Crippen molar-refractivity contribution in [1.29, 1.82) is 0 Å². The Morgan fingerprint density at radius 1 is 1.09 bits per heavy atom. The van der Waals surface area contributed by atoms with Crippen LogP contribution in [-0.4, -0.2) is 39.8 Å². The normalized spacial score (nSPS) is 21.7. The van der Waals surface area contributed by atoms with Gasteiger partial charge in [0.15, 0.2) is 0 Å². The van der Waals surface area contributed by atoms with Gasteiger partial charge in [-0.3, -0.25) is 4.90 Å². The maximum Gasteiger partial charge on any atom is 0.418 e. The molecule has 9 heteroatoms. The van der Waals surface area contributed by atoms with Crippen molar-refractivity contribution in [3.05, 3.63) is 53.0 Å². The molecule has 1 fully saturated rings. The minimum Gasteiger partial charge on any atom is -0.490 e. The second kappa shape index (κ2) is 11.3. The van der Waals surface area contributed by atoms with E-state index in [1.54, 1.807) is 20.8 Å². The summed E-state index contributed by atoms with van der Waals surface area (Å²) in [4.78, 5) is 14.4. The number of carbonyl (C=O) groups is 1. The fraction of sp³-hybridized carbons (Fsp3) is 0.577. The van der Waals surface area contributed by atoms with Crippen molar-refractivity contribution in [1.82, 2.24) is 9.80 Å². The molecule has 1 amide bonds. The largest absolute Gasteiger partial charge is 0.490 e. The molecule has 1 aliphatic heterocycles. The molecule has 35 heavy (non-hydrogen) atoms. The van der Waals surface area contributed by atoms with Gasteiger partial charge < -0.3 is 14.4 Å². The van der Waals surface area contributed by atoms with Crippen LogP contribution in [0.1, 0.15) is 64.9 Å². The molecule has 1 saturated carbocycles. The third kappa shape index (κ3) is 7.92. The van der Waals surface area contributed by atoms with Crippen LogP contribution >= 0.6 is 15.9 Å². The number of carbonyl (C=O) groups excluding carboxylic acids is 1. The van der Waals surface area contributed by atoms with Gasteiger partial charge in [-0.25, -0.2) is 4.79 Å². The molecule has 2 aliphatic rings. The number of benzene rings is 1. The van der Waals surface area contributed by atoms with E-state index in [9.17, 15) is 18.0 Å². The lowest BCUT2D eigenvalue weighted by Crippen LogP contribution is -2.42. The number of nitrogens with zero attached hydrogens (tertiary/aromatic N) is 2. The highest BCUT2D eigenvalue weighted by atomic mass is 79.9. The summed E-state index contributed by atoms with van der Waals surface area (Å²) in [5.74, 6) is 1.09. The monoisotopic (exact) mass is 558 g/mol. The summed E-state index contributed by atoms with van der Waals surface area (Å²) < 4.78 is 54.0. The van der Waals surface area contributed by atoms with Crippen molar-refractivity contribution in [2.75, 3.05) is 0 Å². The zero-order chi connectivity index (χ0) is 25.8. The van der Waals surface area contributed by atoms with Crippen molar-refractivity contribution in [3.8, 4) is 5.75 Å². The summed E-state index contributed by atoms with van der Waals surface area (Å²) in [6.45, 7) is 7.19. The molecular weight excluding hydrogens is 525 g/mol. The number of hydrogen-bond donors (Lipinski definition) is 0. The molecule has 1 heterocycles. The average molecular weight is 559 g/mol. The van der Waals surface area contributed by atoms with Crippen LogP contribution in [-0.2, 0) is 4.74 Å². The fourth-order valence-corrected chi connectivity index (χ4v) is 4.70. The lowest BCUT2D eigenvalue weighted by atomic mass is 9.83. The predicted octanol–water partition coefficient (Wildman–Crippen LogP) is 7.90. The van der Waals surface area contributed by atoms with Gasteiger partial charge in [-0.2, -0.15) is 13.2 Å². The highest BCUT2D eigenvalue weighted by Crippen LogP contribution is 2.36. The Hall–Kier alpha value is -2.16. The molecule has 1 aliphatic carbocycles. The lowest BCUT2D eigenvalue weighted by Gasteiger charge is -2.35. The molecule has 3 rings (SSSR count). The lowest BCUT2D eigenvalue weighted by molar-refractivity contribution is -0.174. The van der Waals surface area contributed by atoms with Crippen molar-refractivity contribution >= 4 is 22.0 Å². The molecule has 0 unspecified atom stereocenters. The van der Waals surface area contributed by atoms with Gasteiger partial charge in [0.05, 0.1) is 6.10 Å². The Kier molecular flexibility index (Phi) is 8.83. The molecule has 0 aromatic heterocycles. The van der Waals surface area contributed by atoms with Crippen LogP contribution in [0, 0.1) is 12.8 Å². The average Bonchev–Trinajstić information content (AvgIpc) is 2.76. The number of amides is 1. The van der Waals surface area contributed by atoms with Crippen LogP contribution < -0.4 is 4.74 Å². The molecule has 1 atom stereocenters. The molecule has 0 N–H and O–H groups in total. The molecule has 1 aromatic carbocycles. The fourth-order valence-electron chi connectivity index (χ4n) is 4.35. The number of ether oxygens (including phenoxy) is 2. The molecule has 0 spiro atoms. The topological polar surface area (TPSA) is 42.0 Å². The molecule has 0 radical (unpaired) electrons. The van der Waals surface area contributed by atoms with Gasteiger partial charge in [0.2, 0.25) is 0 Å². The van der Waals surface area contributed by atoms with E-state index in [-0.39, 0.29) is 18.4 Å². The number of hydrogen-bond acceptors (Lipinski definition) is 4. The quantitative estimate of drug-likeness (QED) is 0.355.